The van der Waals surface area contributed by atoms with Crippen LogP contribution < -0.4 is 4.90 Å². The molecule has 0 fully saturated rings. The van der Waals surface area contributed by atoms with Crippen molar-refractivity contribution < 1.29 is 9.90 Å². The Morgan fingerprint density at radius 1 is 1.29 bits per heavy atom. The highest BCUT2D eigenvalue weighted by Gasteiger charge is 2.21. The first-order valence-corrected chi connectivity index (χ1v) is 6.02. The number of aromatic hydroxyl groups is 1. The van der Waals surface area contributed by atoms with E-state index in [-0.39, 0.29) is 23.0 Å². The zero-order valence-electron chi connectivity index (χ0n) is 10.4. The molecule has 0 aliphatic rings. The van der Waals surface area contributed by atoms with Gasteiger partial charge in [0.25, 0.3) is 0 Å². The Morgan fingerprint density at radius 3 is 2.24 bits per heavy atom. The van der Waals surface area contributed by atoms with Crippen molar-refractivity contribution in [1.29, 1.82) is 0 Å². The van der Waals surface area contributed by atoms with E-state index in [9.17, 15) is 9.90 Å². The molecule has 0 heterocycles. The summed E-state index contributed by atoms with van der Waals surface area (Å²) in [6.45, 7) is 6.76. The summed E-state index contributed by atoms with van der Waals surface area (Å²) in [6, 6.07) is 6.55. The van der Waals surface area contributed by atoms with Gasteiger partial charge in [-0.2, -0.15) is 0 Å². The molecule has 1 aromatic carbocycles. The molecule has 0 aliphatic carbocycles. The Labute approximate surface area is 107 Å². The number of carbonyl (C=O) groups excluding carboxylic acids is 1. The maximum absolute atomic E-state index is 11.8. The lowest BCUT2D eigenvalue weighted by molar-refractivity contribution is -0.116. The van der Waals surface area contributed by atoms with Crippen LogP contribution in [0.25, 0.3) is 0 Å². The van der Waals surface area contributed by atoms with Gasteiger partial charge < -0.3 is 10.0 Å². The lowest BCUT2D eigenvalue weighted by Crippen LogP contribution is -2.38. The number of amides is 1. The molecule has 0 aromatic heterocycles. The number of phenolic OH excluding ortho intramolecular Hbond substituents is 1. The summed E-state index contributed by atoms with van der Waals surface area (Å²) in [6.07, 6.45) is 0. The third-order valence-corrected chi connectivity index (χ3v) is 2.44. The van der Waals surface area contributed by atoms with Crippen molar-refractivity contribution in [1.82, 2.24) is 0 Å². The molecule has 0 saturated heterocycles. The van der Waals surface area contributed by atoms with Gasteiger partial charge >= 0.3 is 0 Å². The van der Waals surface area contributed by atoms with Crippen molar-refractivity contribution in [2.75, 3.05) is 17.3 Å². The first kappa shape index (κ1) is 13.8. The smallest absolute Gasteiger partial charge is 0.241 e. The van der Waals surface area contributed by atoms with Crippen LogP contribution in [0.4, 0.5) is 5.69 Å². The molecule has 0 unspecified atom stereocenters. The molecule has 0 spiro atoms. The van der Waals surface area contributed by atoms with Crippen LogP contribution in [0.2, 0.25) is 0 Å². The van der Waals surface area contributed by atoms with Crippen LogP contribution >= 0.6 is 11.6 Å². The minimum atomic E-state index is -0.132. The predicted molar refractivity (Wildman–Crippen MR) is 70.6 cm³/mol. The van der Waals surface area contributed by atoms with E-state index in [0.29, 0.717) is 6.54 Å². The molecular formula is C13H18ClNO2. The van der Waals surface area contributed by atoms with Gasteiger partial charge in [-0.15, -0.1) is 11.6 Å². The van der Waals surface area contributed by atoms with Gasteiger partial charge in [0, 0.05) is 12.2 Å². The van der Waals surface area contributed by atoms with Gasteiger partial charge in [-0.3, -0.25) is 4.79 Å². The van der Waals surface area contributed by atoms with Crippen molar-refractivity contribution >= 4 is 23.2 Å². The predicted octanol–water partition coefficient (Wildman–Crippen LogP) is 3.01. The fourth-order valence-electron chi connectivity index (χ4n) is 1.50. The zero-order chi connectivity index (χ0) is 13.1. The second-order valence-corrected chi connectivity index (χ2v) is 5.46. The fourth-order valence-corrected chi connectivity index (χ4v) is 1.65. The van der Waals surface area contributed by atoms with Gasteiger partial charge in [0.05, 0.1) is 0 Å². The van der Waals surface area contributed by atoms with Crippen LogP contribution in [-0.4, -0.2) is 23.4 Å². The van der Waals surface area contributed by atoms with E-state index in [4.69, 9.17) is 11.6 Å². The Kier molecular flexibility index (Phi) is 4.40. The van der Waals surface area contributed by atoms with Gasteiger partial charge in [-0.05, 0) is 29.7 Å². The molecule has 0 saturated carbocycles. The van der Waals surface area contributed by atoms with Gasteiger partial charge in [-0.25, -0.2) is 0 Å². The van der Waals surface area contributed by atoms with E-state index in [1.807, 2.05) is 0 Å². The number of hydrogen-bond acceptors (Lipinski definition) is 2. The first-order chi connectivity index (χ1) is 7.83. The van der Waals surface area contributed by atoms with Gasteiger partial charge in [0.2, 0.25) is 5.91 Å². The van der Waals surface area contributed by atoms with Crippen molar-refractivity contribution in [3.63, 3.8) is 0 Å². The molecule has 0 radical (unpaired) electrons. The molecule has 1 amide bonds. The molecule has 1 aromatic rings. The maximum Gasteiger partial charge on any atom is 0.241 e. The molecule has 4 heteroatoms. The second-order valence-electron chi connectivity index (χ2n) is 5.19. The number of anilines is 1. The maximum atomic E-state index is 11.8. The Balaban J connectivity index is 2.98. The molecule has 94 valence electrons. The molecule has 0 atom stereocenters. The van der Waals surface area contributed by atoms with Gasteiger partial charge in [0.1, 0.15) is 11.6 Å². The molecule has 0 bridgehead atoms. The van der Waals surface area contributed by atoms with Crippen LogP contribution in [0.3, 0.4) is 0 Å². The molecule has 3 nitrogen and oxygen atoms in total. The summed E-state index contributed by atoms with van der Waals surface area (Å²) >= 11 is 5.62. The molecule has 1 N–H and O–H groups in total. The lowest BCUT2D eigenvalue weighted by Gasteiger charge is -2.29. The molecule has 1 rings (SSSR count). The highest BCUT2D eigenvalue weighted by molar-refractivity contribution is 6.29. The second kappa shape index (κ2) is 5.41. The van der Waals surface area contributed by atoms with E-state index in [0.717, 1.165) is 5.69 Å². The van der Waals surface area contributed by atoms with E-state index in [1.165, 1.54) is 0 Å². The number of nitrogens with zero attached hydrogens (tertiary/aromatic N) is 1. The van der Waals surface area contributed by atoms with Crippen LogP contribution in [0.5, 0.6) is 5.75 Å². The van der Waals surface area contributed by atoms with Crippen LogP contribution in [0.1, 0.15) is 20.8 Å². The normalized spacial score (nSPS) is 11.3. The highest BCUT2D eigenvalue weighted by atomic mass is 35.5. The first-order valence-electron chi connectivity index (χ1n) is 5.49. The number of hydrogen-bond donors (Lipinski definition) is 1. The monoisotopic (exact) mass is 255 g/mol. The number of alkyl halides is 1. The quantitative estimate of drug-likeness (QED) is 0.844. The summed E-state index contributed by atoms with van der Waals surface area (Å²) in [5.41, 5.74) is 0.739. The van der Waals surface area contributed by atoms with Crippen molar-refractivity contribution in [2.24, 2.45) is 5.41 Å². The fraction of sp³-hybridized carbons (Fsp3) is 0.462. The summed E-state index contributed by atoms with van der Waals surface area (Å²) in [4.78, 5) is 13.5. The minimum Gasteiger partial charge on any atom is -0.508 e. The number of rotatable bonds is 3. The standard InChI is InChI=1S/C13H18ClNO2/c1-13(2,3)9-15(12(17)8-14)10-4-6-11(16)7-5-10/h4-7,16H,8-9H2,1-3H3. The average molecular weight is 256 g/mol. The zero-order valence-corrected chi connectivity index (χ0v) is 11.2. The Hall–Kier alpha value is -1.22. The number of halogens is 1. The molecule has 0 aliphatic heterocycles. The van der Waals surface area contributed by atoms with Crippen LogP contribution in [0.15, 0.2) is 24.3 Å². The number of phenols is 1. The summed E-state index contributed by atoms with van der Waals surface area (Å²) in [7, 11) is 0. The van der Waals surface area contributed by atoms with E-state index in [1.54, 1.807) is 29.2 Å². The topological polar surface area (TPSA) is 40.5 Å². The molecular weight excluding hydrogens is 238 g/mol. The third-order valence-electron chi connectivity index (χ3n) is 2.21. The summed E-state index contributed by atoms with van der Waals surface area (Å²) in [5.74, 6) is 0.00630. The van der Waals surface area contributed by atoms with E-state index < -0.39 is 0 Å². The Morgan fingerprint density at radius 2 is 1.82 bits per heavy atom. The largest absolute Gasteiger partial charge is 0.508 e. The minimum absolute atomic E-state index is 0.0143. The number of carbonyl (C=O) groups is 1. The average Bonchev–Trinajstić information content (AvgIpc) is 2.25. The van der Waals surface area contributed by atoms with Crippen molar-refractivity contribution in [2.45, 2.75) is 20.8 Å². The van der Waals surface area contributed by atoms with E-state index in [2.05, 4.69) is 20.8 Å². The number of benzene rings is 1. The summed E-state index contributed by atoms with van der Waals surface area (Å²) < 4.78 is 0. The van der Waals surface area contributed by atoms with Crippen molar-refractivity contribution in [3.8, 4) is 5.75 Å². The lowest BCUT2D eigenvalue weighted by atomic mass is 9.95. The summed E-state index contributed by atoms with van der Waals surface area (Å²) in [5, 5.41) is 9.24. The SMILES string of the molecule is CC(C)(C)CN(C(=O)CCl)c1ccc(O)cc1. The highest BCUT2D eigenvalue weighted by Crippen LogP contribution is 2.23. The van der Waals surface area contributed by atoms with Gasteiger partial charge in [0.15, 0.2) is 0 Å². The van der Waals surface area contributed by atoms with E-state index >= 15 is 0 Å². The van der Waals surface area contributed by atoms with Crippen LogP contribution in [0, 0.1) is 5.41 Å². The van der Waals surface area contributed by atoms with Crippen molar-refractivity contribution in [3.05, 3.63) is 24.3 Å². The van der Waals surface area contributed by atoms with Crippen LogP contribution in [-0.2, 0) is 4.79 Å². The molecule has 17 heavy (non-hydrogen) atoms. The third kappa shape index (κ3) is 4.27. The van der Waals surface area contributed by atoms with Gasteiger partial charge in [-0.1, -0.05) is 20.8 Å². The Bertz CT molecular complexity index is 381.